The van der Waals surface area contributed by atoms with Gasteiger partial charge in [-0.05, 0) is 24.1 Å². The third-order valence-electron chi connectivity index (χ3n) is 2.36. The van der Waals surface area contributed by atoms with E-state index in [1.807, 2.05) is 18.3 Å². The van der Waals surface area contributed by atoms with Crippen molar-refractivity contribution in [3.8, 4) is 5.75 Å². The molecule has 0 fully saturated rings. The molecule has 0 unspecified atom stereocenters. The largest absolute Gasteiger partial charge is 0.494 e. The van der Waals surface area contributed by atoms with E-state index in [9.17, 15) is 0 Å². The van der Waals surface area contributed by atoms with E-state index in [-0.39, 0.29) is 0 Å². The number of benzene rings is 1. The smallest absolute Gasteiger partial charge is 0.145 e. The molecule has 0 atom stereocenters. The van der Waals surface area contributed by atoms with E-state index in [0.717, 1.165) is 23.1 Å². The van der Waals surface area contributed by atoms with Crippen molar-refractivity contribution in [1.82, 2.24) is 4.98 Å². The number of ether oxygens (including phenoxy) is 1. The van der Waals surface area contributed by atoms with Gasteiger partial charge in [0.15, 0.2) is 0 Å². The number of para-hydroxylation sites is 1. The Morgan fingerprint density at radius 1 is 1.36 bits per heavy atom. The molecular formula is C12H13NO. The predicted molar refractivity (Wildman–Crippen MR) is 57.7 cm³/mol. The fourth-order valence-corrected chi connectivity index (χ4v) is 1.54. The summed E-state index contributed by atoms with van der Waals surface area (Å²) in [7, 11) is 1.67. The molecule has 1 aromatic heterocycles. The zero-order valence-corrected chi connectivity index (χ0v) is 8.45. The van der Waals surface area contributed by atoms with Crippen LogP contribution < -0.4 is 4.74 Å². The number of methoxy groups -OCH3 is 1. The van der Waals surface area contributed by atoms with E-state index in [0.29, 0.717) is 0 Å². The van der Waals surface area contributed by atoms with Crippen LogP contribution in [0.1, 0.15) is 12.5 Å². The second-order valence-electron chi connectivity index (χ2n) is 3.23. The second kappa shape index (κ2) is 3.66. The highest BCUT2D eigenvalue weighted by Gasteiger charge is 2.01. The number of fused-ring (bicyclic) bond motifs is 1. The summed E-state index contributed by atoms with van der Waals surface area (Å²) in [6.45, 7) is 2.13. The van der Waals surface area contributed by atoms with E-state index in [1.54, 1.807) is 7.11 Å². The molecule has 0 saturated heterocycles. The van der Waals surface area contributed by atoms with Crippen LogP contribution in [0, 0.1) is 0 Å². The first-order valence-corrected chi connectivity index (χ1v) is 4.76. The molecule has 2 heteroatoms. The Hall–Kier alpha value is -1.57. The Morgan fingerprint density at radius 3 is 2.93 bits per heavy atom. The van der Waals surface area contributed by atoms with E-state index in [1.165, 1.54) is 5.56 Å². The van der Waals surface area contributed by atoms with Gasteiger partial charge < -0.3 is 4.74 Å². The van der Waals surface area contributed by atoms with Crippen molar-refractivity contribution in [3.63, 3.8) is 0 Å². The molecule has 14 heavy (non-hydrogen) atoms. The highest BCUT2D eigenvalue weighted by Crippen LogP contribution is 2.23. The number of nitrogens with zero attached hydrogens (tertiary/aromatic N) is 1. The fraction of sp³-hybridized carbons (Fsp3) is 0.250. The summed E-state index contributed by atoms with van der Waals surface area (Å²) in [5.41, 5.74) is 2.19. The Kier molecular flexibility index (Phi) is 2.35. The molecule has 2 aromatic rings. The lowest BCUT2D eigenvalue weighted by Crippen LogP contribution is -1.89. The average molecular weight is 187 g/mol. The van der Waals surface area contributed by atoms with E-state index in [2.05, 4.69) is 24.0 Å². The van der Waals surface area contributed by atoms with Gasteiger partial charge in [-0.15, -0.1) is 0 Å². The summed E-state index contributed by atoms with van der Waals surface area (Å²) in [5, 5.41) is 1.14. The van der Waals surface area contributed by atoms with Crippen LogP contribution in [0.5, 0.6) is 5.75 Å². The Morgan fingerprint density at radius 2 is 2.21 bits per heavy atom. The van der Waals surface area contributed by atoms with Gasteiger partial charge in [0.2, 0.25) is 0 Å². The summed E-state index contributed by atoms with van der Waals surface area (Å²) >= 11 is 0. The minimum absolute atomic E-state index is 0.838. The number of aromatic nitrogens is 1. The molecule has 2 rings (SSSR count). The molecule has 0 spiro atoms. The molecule has 0 saturated carbocycles. The van der Waals surface area contributed by atoms with Crippen LogP contribution in [-0.2, 0) is 6.42 Å². The number of aryl methyl sites for hydroxylation is 1. The van der Waals surface area contributed by atoms with Crippen molar-refractivity contribution in [1.29, 1.82) is 0 Å². The maximum atomic E-state index is 5.24. The van der Waals surface area contributed by atoms with Crippen LogP contribution in [0.4, 0.5) is 0 Å². The van der Waals surface area contributed by atoms with Gasteiger partial charge in [-0.2, -0.15) is 0 Å². The predicted octanol–water partition coefficient (Wildman–Crippen LogP) is 2.81. The molecular weight excluding hydrogens is 174 g/mol. The molecule has 0 bridgehead atoms. The van der Waals surface area contributed by atoms with Gasteiger partial charge in [-0.3, -0.25) is 4.98 Å². The molecule has 1 aromatic carbocycles. The SMILES string of the molecule is CCc1cnc2c(OC)cccc2c1. The lowest BCUT2D eigenvalue weighted by Gasteiger charge is -2.05. The standard InChI is InChI=1S/C12H13NO/c1-3-9-7-10-5-4-6-11(14-2)12(10)13-8-9/h4-8H,3H2,1-2H3. The van der Waals surface area contributed by atoms with Gasteiger partial charge in [0, 0.05) is 11.6 Å². The first kappa shape index (κ1) is 9.00. The monoisotopic (exact) mass is 187 g/mol. The Labute approximate surface area is 83.5 Å². The molecule has 2 nitrogen and oxygen atoms in total. The second-order valence-corrected chi connectivity index (χ2v) is 3.23. The first-order valence-electron chi connectivity index (χ1n) is 4.76. The highest BCUT2D eigenvalue weighted by molar-refractivity contribution is 5.84. The minimum atomic E-state index is 0.838. The lowest BCUT2D eigenvalue weighted by molar-refractivity contribution is 0.419. The van der Waals surface area contributed by atoms with Crippen molar-refractivity contribution in [3.05, 3.63) is 36.0 Å². The number of pyridine rings is 1. The van der Waals surface area contributed by atoms with Crippen molar-refractivity contribution in [2.45, 2.75) is 13.3 Å². The summed E-state index contributed by atoms with van der Waals surface area (Å²) in [5.74, 6) is 0.838. The van der Waals surface area contributed by atoms with Crippen LogP contribution in [0.15, 0.2) is 30.5 Å². The maximum absolute atomic E-state index is 5.24. The van der Waals surface area contributed by atoms with Crippen LogP contribution in [0.2, 0.25) is 0 Å². The normalized spacial score (nSPS) is 10.4. The van der Waals surface area contributed by atoms with Gasteiger partial charge in [0.25, 0.3) is 0 Å². The Balaban J connectivity index is 2.67. The molecule has 72 valence electrons. The molecule has 0 aliphatic heterocycles. The summed E-state index contributed by atoms with van der Waals surface area (Å²) < 4.78 is 5.24. The summed E-state index contributed by atoms with van der Waals surface area (Å²) in [6.07, 6.45) is 2.92. The van der Waals surface area contributed by atoms with Crippen LogP contribution >= 0.6 is 0 Å². The van der Waals surface area contributed by atoms with Crippen LogP contribution in [0.3, 0.4) is 0 Å². The highest BCUT2D eigenvalue weighted by atomic mass is 16.5. The average Bonchev–Trinajstić information content (AvgIpc) is 2.27. The quantitative estimate of drug-likeness (QED) is 0.721. The lowest BCUT2D eigenvalue weighted by atomic mass is 10.1. The summed E-state index contributed by atoms with van der Waals surface area (Å²) in [4.78, 5) is 4.40. The van der Waals surface area contributed by atoms with Crippen molar-refractivity contribution >= 4 is 10.9 Å². The summed E-state index contributed by atoms with van der Waals surface area (Å²) in [6, 6.07) is 8.14. The number of rotatable bonds is 2. The third kappa shape index (κ3) is 1.43. The molecule has 0 aliphatic carbocycles. The van der Waals surface area contributed by atoms with E-state index >= 15 is 0 Å². The van der Waals surface area contributed by atoms with Crippen LogP contribution in [0.25, 0.3) is 10.9 Å². The Bertz CT molecular complexity index is 451. The van der Waals surface area contributed by atoms with Gasteiger partial charge in [-0.25, -0.2) is 0 Å². The third-order valence-corrected chi connectivity index (χ3v) is 2.36. The topological polar surface area (TPSA) is 22.1 Å². The first-order chi connectivity index (χ1) is 6.85. The van der Waals surface area contributed by atoms with Gasteiger partial charge >= 0.3 is 0 Å². The zero-order chi connectivity index (χ0) is 9.97. The van der Waals surface area contributed by atoms with Crippen molar-refractivity contribution in [2.24, 2.45) is 0 Å². The van der Waals surface area contributed by atoms with Gasteiger partial charge in [-0.1, -0.05) is 19.1 Å². The van der Waals surface area contributed by atoms with Crippen molar-refractivity contribution in [2.75, 3.05) is 7.11 Å². The van der Waals surface area contributed by atoms with Crippen LogP contribution in [-0.4, -0.2) is 12.1 Å². The minimum Gasteiger partial charge on any atom is -0.494 e. The zero-order valence-electron chi connectivity index (χ0n) is 8.45. The number of hydrogen-bond acceptors (Lipinski definition) is 2. The fourth-order valence-electron chi connectivity index (χ4n) is 1.54. The van der Waals surface area contributed by atoms with Gasteiger partial charge in [0.1, 0.15) is 11.3 Å². The maximum Gasteiger partial charge on any atom is 0.145 e. The number of hydrogen-bond donors (Lipinski definition) is 0. The van der Waals surface area contributed by atoms with Crippen molar-refractivity contribution < 1.29 is 4.74 Å². The van der Waals surface area contributed by atoms with E-state index < -0.39 is 0 Å². The molecule has 0 aliphatic rings. The molecule has 0 radical (unpaired) electrons. The van der Waals surface area contributed by atoms with Gasteiger partial charge in [0.05, 0.1) is 7.11 Å². The molecule has 0 amide bonds. The molecule has 0 N–H and O–H groups in total. The molecule has 1 heterocycles. The van der Waals surface area contributed by atoms with E-state index in [4.69, 9.17) is 4.74 Å².